The van der Waals surface area contributed by atoms with E-state index in [1.165, 1.54) is 12.1 Å². The molecule has 1 heterocycles. The number of hydrogen-bond acceptors (Lipinski definition) is 4. The Bertz CT molecular complexity index is 1070. The zero-order valence-electron chi connectivity index (χ0n) is 16.9. The van der Waals surface area contributed by atoms with Gasteiger partial charge in [-0.1, -0.05) is 43.6 Å². The Balaban J connectivity index is 2.18. The number of carbonyl (C=O) groups excluding carboxylic acids is 1. The number of ether oxygens (including phenoxy) is 2. The highest BCUT2D eigenvalue weighted by molar-refractivity contribution is 6.31. The van der Waals surface area contributed by atoms with Gasteiger partial charge in [0.1, 0.15) is 5.75 Å². The molecule has 3 rings (SSSR count). The molecule has 8 heteroatoms. The second-order valence-corrected chi connectivity index (χ2v) is 7.90. The number of alkyl halides is 3. The van der Waals surface area contributed by atoms with E-state index in [4.69, 9.17) is 16.3 Å². The number of rotatable bonds is 8. The highest BCUT2D eigenvalue weighted by atomic mass is 35.5. The van der Waals surface area contributed by atoms with E-state index in [0.29, 0.717) is 22.6 Å². The fraction of sp³-hybridized carbons (Fsp3) is 0.304. The monoisotopic (exact) mass is 451 g/mol. The molecule has 1 aromatic heterocycles. The highest BCUT2D eigenvalue weighted by Gasteiger charge is 2.32. The summed E-state index contributed by atoms with van der Waals surface area (Å²) in [4.78, 5) is 15.3. The van der Waals surface area contributed by atoms with Crippen LogP contribution < -0.4 is 4.74 Å². The Morgan fingerprint density at radius 1 is 1.16 bits per heavy atom. The van der Waals surface area contributed by atoms with Crippen LogP contribution in [0.3, 0.4) is 0 Å². The topological polar surface area (TPSA) is 48.4 Å². The third-order valence-corrected chi connectivity index (χ3v) is 5.32. The van der Waals surface area contributed by atoms with Crippen LogP contribution in [0.1, 0.15) is 36.5 Å². The zero-order chi connectivity index (χ0) is 22.6. The molecule has 0 N–H and O–H groups in total. The Kier molecular flexibility index (Phi) is 7.05. The lowest BCUT2D eigenvalue weighted by Gasteiger charge is -2.24. The van der Waals surface area contributed by atoms with Gasteiger partial charge in [-0.15, -0.1) is 13.2 Å². The van der Waals surface area contributed by atoms with Gasteiger partial charge in [-0.3, -0.25) is 9.78 Å². The van der Waals surface area contributed by atoms with Gasteiger partial charge in [0, 0.05) is 28.9 Å². The van der Waals surface area contributed by atoms with Gasteiger partial charge in [-0.05, 0) is 46.9 Å². The van der Waals surface area contributed by atoms with E-state index in [0.717, 1.165) is 16.5 Å². The van der Waals surface area contributed by atoms with Crippen molar-refractivity contribution in [3.63, 3.8) is 0 Å². The molecule has 4 nitrogen and oxygen atoms in total. The Morgan fingerprint density at radius 3 is 2.58 bits per heavy atom. The van der Waals surface area contributed by atoms with Crippen LogP contribution in [-0.2, 0) is 16.0 Å². The predicted molar refractivity (Wildman–Crippen MR) is 112 cm³/mol. The van der Waals surface area contributed by atoms with E-state index in [2.05, 4.69) is 9.72 Å². The number of fused-ring (bicyclic) bond motifs is 1. The van der Waals surface area contributed by atoms with Crippen molar-refractivity contribution in [3.8, 4) is 5.75 Å². The number of halogens is 4. The summed E-state index contributed by atoms with van der Waals surface area (Å²) in [7, 11) is 0. The molecule has 0 saturated carbocycles. The van der Waals surface area contributed by atoms with Gasteiger partial charge < -0.3 is 9.47 Å². The maximum absolute atomic E-state index is 12.9. The van der Waals surface area contributed by atoms with E-state index in [1.54, 1.807) is 36.5 Å². The summed E-state index contributed by atoms with van der Waals surface area (Å²) in [5, 5.41) is 1.21. The molecule has 0 radical (unpaired) electrons. The van der Waals surface area contributed by atoms with Crippen molar-refractivity contribution in [3.05, 3.63) is 70.4 Å². The zero-order valence-corrected chi connectivity index (χ0v) is 17.7. The van der Waals surface area contributed by atoms with Crippen LogP contribution in [0.25, 0.3) is 10.9 Å². The quantitative estimate of drug-likeness (QED) is 0.377. The van der Waals surface area contributed by atoms with Gasteiger partial charge in [-0.25, -0.2) is 0 Å². The third kappa shape index (κ3) is 5.67. The molecule has 2 aromatic carbocycles. The van der Waals surface area contributed by atoms with Gasteiger partial charge in [0.15, 0.2) is 0 Å². The van der Waals surface area contributed by atoms with Crippen molar-refractivity contribution in [2.75, 3.05) is 6.61 Å². The second-order valence-electron chi connectivity index (χ2n) is 7.47. The molecule has 0 fully saturated rings. The summed E-state index contributed by atoms with van der Waals surface area (Å²) in [6.07, 6.45) is -2.95. The molecule has 0 aliphatic rings. The first kappa shape index (κ1) is 22.9. The van der Waals surface area contributed by atoms with Crippen molar-refractivity contribution < 1.29 is 27.4 Å². The molecule has 0 spiro atoms. The first-order valence-electron chi connectivity index (χ1n) is 9.65. The molecule has 0 aliphatic carbocycles. The minimum atomic E-state index is -4.80. The summed E-state index contributed by atoms with van der Waals surface area (Å²) in [5.74, 6) is -0.385. The highest BCUT2D eigenvalue weighted by Crippen LogP contribution is 2.36. The van der Waals surface area contributed by atoms with Gasteiger partial charge >= 0.3 is 6.36 Å². The average Bonchev–Trinajstić information content (AvgIpc) is 2.69. The first-order chi connectivity index (χ1) is 14.7. The van der Waals surface area contributed by atoms with Crippen LogP contribution in [0.5, 0.6) is 5.75 Å². The number of aromatic nitrogens is 1. The van der Waals surface area contributed by atoms with Gasteiger partial charge in [0.25, 0.3) is 6.47 Å². The summed E-state index contributed by atoms with van der Waals surface area (Å²) in [5.41, 5.74) is 2.58. The number of nitrogens with zero attached hydrogens (tertiary/aromatic N) is 1. The van der Waals surface area contributed by atoms with E-state index in [1.807, 2.05) is 13.8 Å². The number of hydrogen-bond donors (Lipinski definition) is 0. The SMILES string of the molecule is CC(C)C(COC=O)c1cnc2ccc(Cl)cc2c1Cc1ccccc1OC(F)(F)F. The first-order valence-corrected chi connectivity index (χ1v) is 10.0. The Labute approximate surface area is 182 Å². The molecule has 3 aromatic rings. The van der Waals surface area contributed by atoms with Crippen LogP contribution in [-0.4, -0.2) is 24.4 Å². The van der Waals surface area contributed by atoms with Crippen molar-refractivity contribution in [1.29, 1.82) is 0 Å². The molecule has 1 atom stereocenters. The molecule has 164 valence electrons. The normalized spacial score (nSPS) is 12.7. The molecule has 1 unspecified atom stereocenters. The summed E-state index contributed by atoms with van der Waals surface area (Å²) < 4.78 is 48.0. The lowest BCUT2D eigenvalue weighted by atomic mass is 9.84. The minimum Gasteiger partial charge on any atom is -0.467 e. The number of carbonyl (C=O) groups is 1. The predicted octanol–water partition coefficient (Wildman–Crippen LogP) is 6.29. The molecular formula is C23H21ClF3NO3. The van der Waals surface area contributed by atoms with Crippen LogP contribution in [0, 0.1) is 5.92 Å². The van der Waals surface area contributed by atoms with Crippen LogP contribution in [0.2, 0.25) is 5.02 Å². The van der Waals surface area contributed by atoms with Crippen molar-refractivity contribution in [1.82, 2.24) is 4.98 Å². The largest absolute Gasteiger partial charge is 0.573 e. The molecule has 0 saturated heterocycles. The number of benzene rings is 2. The van der Waals surface area contributed by atoms with E-state index < -0.39 is 6.36 Å². The Morgan fingerprint density at radius 2 is 1.90 bits per heavy atom. The van der Waals surface area contributed by atoms with Crippen molar-refractivity contribution in [2.45, 2.75) is 32.5 Å². The van der Waals surface area contributed by atoms with Gasteiger partial charge in [0.2, 0.25) is 0 Å². The second kappa shape index (κ2) is 9.56. The van der Waals surface area contributed by atoms with Gasteiger partial charge in [0.05, 0.1) is 12.1 Å². The van der Waals surface area contributed by atoms with Crippen LogP contribution in [0.4, 0.5) is 13.2 Å². The van der Waals surface area contributed by atoms with E-state index in [-0.39, 0.29) is 30.6 Å². The maximum atomic E-state index is 12.9. The summed E-state index contributed by atoms with van der Waals surface area (Å²) in [6.45, 7) is 4.46. The third-order valence-electron chi connectivity index (χ3n) is 5.09. The smallest absolute Gasteiger partial charge is 0.467 e. The molecule has 0 aliphatic heterocycles. The number of para-hydroxylation sites is 1. The molecule has 0 bridgehead atoms. The maximum Gasteiger partial charge on any atom is 0.573 e. The van der Waals surface area contributed by atoms with Crippen molar-refractivity contribution >= 4 is 29.0 Å². The molecule has 31 heavy (non-hydrogen) atoms. The molecule has 0 amide bonds. The summed E-state index contributed by atoms with van der Waals surface area (Å²) in [6, 6.07) is 11.2. The number of pyridine rings is 1. The summed E-state index contributed by atoms with van der Waals surface area (Å²) >= 11 is 6.22. The fourth-order valence-electron chi connectivity index (χ4n) is 3.60. The average molecular weight is 452 g/mol. The lowest BCUT2D eigenvalue weighted by Crippen LogP contribution is -2.19. The Hall–Kier alpha value is -2.80. The lowest BCUT2D eigenvalue weighted by molar-refractivity contribution is -0.274. The van der Waals surface area contributed by atoms with Crippen LogP contribution >= 0.6 is 11.6 Å². The minimum absolute atomic E-state index is 0.0822. The molecular weight excluding hydrogens is 431 g/mol. The van der Waals surface area contributed by atoms with Crippen LogP contribution in [0.15, 0.2) is 48.7 Å². The van der Waals surface area contributed by atoms with E-state index in [9.17, 15) is 18.0 Å². The van der Waals surface area contributed by atoms with Crippen molar-refractivity contribution in [2.24, 2.45) is 5.92 Å². The van der Waals surface area contributed by atoms with Gasteiger partial charge in [-0.2, -0.15) is 0 Å². The fourth-order valence-corrected chi connectivity index (χ4v) is 3.77. The van der Waals surface area contributed by atoms with E-state index >= 15 is 0 Å². The standard InChI is InChI=1S/C23H21ClF3NO3/c1-14(2)20(12-30-13-29)19-11-28-21-8-7-16(24)10-18(21)17(19)9-15-5-3-4-6-22(15)31-23(25,26)27/h3-8,10-11,13-14,20H,9,12H2,1-2H3.